The average Bonchev–Trinajstić information content (AvgIpc) is 3.06. The van der Waals surface area contributed by atoms with Crippen LogP contribution in [0.5, 0.6) is 0 Å². The number of unbranched alkanes of at least 4 members (excludes halogenated alkanes) is 3. The standard InChI is InChI=1S/C25H33N3O/c1-4-5-6-9-17-28-23-12-8-7-11-22(23)27-24(28)13-10-16-26-25(29)21-15-14-19(2)18-20(21)3/h7-8,11-12,14-15,18H,4-6,9-10,13,16-17H2,1-3H3,(H,26,29). The van der Waals surface area contributed by atoms with Crippen LogP contribution >= 0.6 is 0 Å². The van der Waals surface area contributed by atoms with E-state index in [0.29, 0.717) is 6.54 Å². The molecule has 3 aromatic rings. The summed E-state index contributed by atoms with van der Waals surface area (Å²) in [5, 5.41) is 3.07. The molecule has 1 heterocycles. The van der Waals surface area contributed by atoms with Gasteiger partial charge in [0.25, 0.3) is 5.91 Å². The Morgan fingerprint density at radius 3 is 2.66 bits per heavy atom. The Morgan fingerprint density at radius 1 is 1.03 bits per heavy atom. The Kier molecular flexibility index (Phi) is 7.45. The SMILES string of the molecule is CCCCCCn1c(CCCNC(=O)c2ccc(C)cc2C)nc2ccccc21. The van der Waals surface area contributed by atoms with E-state index in [2.05, 4.69) is 41.1 Å². The lowest BCUT2D eigenvalue weighted by Gasteiger charge is -2.10. The Morgan fingerprint density at radius 2 is 1.86 bits per heavy atom. The summed E-state index contributed by atoms with van der Waals surface area (Å²) in [6.07, 6.45) is 6.73. The van der Waals surface area contributed by atoms with Crippen molar-refractivity contribution >= 4 is 16.9 Å². The number of para-hydroxylation sites is 2. The molecule has 0 saturated heterocycles. The zero-order chi connectivity index (χ0) is 20.6. The molecule has 0 saturated carbocycles. The summed E-state index contributed by atoms with van der Waals surface area (Å²) >= 11 is 0. The number of aryl methyl sites for hydroxylation is 4. The highest BCUT2D eigenvalue weighted by Crippen LogP contribution is 2.18. The summed E-state index contributed by atoms with van der Waals surface area (Å²) in [5.41, 5.74) is 5.25. The van der Waals surface area contributed by atoms with Gasteiger partial charge in [0.05, 0.1) is 11.0 Å². The average molecular weight is 392 g/mol. The molecule has 2 aromatic carbocycles. The molecule has 1 amide bonds. The first-order valence-corrected chi connectivity index (χ1v) is 10.9. The molecule has 4 heteroatoms. The maximum atomic E-state index is 12.5. The second-order valence-corrected chi connectivity index (χ2v) is 7.91. The Bertz CT molecular complexity index is 958. The third-order valence-electron chi connectivity index (χ3n) is 5.46. The van der Waals surface area contributed by atoms with Crippen molar-refractivity contribution in [1.82, 2.24) is 14.9 Å². The van der Waals surface area contributed by atoms with E-state index >= 15 is 0 Å². The molecule has 0 aliphatic rings. The largest absolute Gasteiger partial charge is 0.352 e. The highest BCUT2D eigenvalue weighted by atomic mass is 16.1. The Balaban J connectivity index is 1.59. The first-order valence-electron chi connectivity index (χ1n) is 10.9. The first-order chi connectivity index (χ1) is 14.1. The number of imidazole rings is 1. The maximum absolute atomic E-state index is 12.5. The van der Waals surface area contributed by atoms with Crippen LogP contribution in [0.1, 0.15) is 66.3 Å². The highest BCUT2D eigenvalue weighted by Gasteiger charge is 2.11. The van der Waals surface area contributed by atoms with E-state index < -0.39 is 0 Å². The zero-order valence-corrected chi connectivity index (χ0v) is 18.0. The van der Waals surface area contributed by atoms with Crippen LogP contribution in [0.15, 0.2) is 42.5 Å². The van der Waals surface area contributed by atoms with Crippen LogP contribution in [0.4, 0.5) is 0 Å². The maximum Gasteiger partial charge on any atom is 0.251 e. The van der Waals surface area contributed by atoms with Crippen LogP contribution in [0, 0.1) is 13.8 Å². The van der Waals surface area contributed by atoms with E-state index in [0.717, 1.165) is 41.9 Å². The molecule has 3 rings (SSSR count). The number of hydrogen-bond acceptors (Lipinski definition) is 2. The molecule has 0 aliphatic carbocycles. The van der Waals surface area contributed by atoms with Crippen molar-refractivity contribution in [2.45, 2.75) is 65.8 Å². The van der Waals surface area contributed by atoms with Gasteiger partial charge in [-0.3, -0.25) is 4.79 Å². The topological polar surface area (TPSA) is 46.9 Å². The number of nitrogens with zero attached hydrogens (tertiary/aromatic N) is 2. The van der Waals surface area contributed by atoms with Gasteiger partial charge in [-0.1, -0.05) is 56.0 Å². The summed E-state index contributed by atoms with van der Waals surface area (Å²) < 4.78 is 2.37. The third kappa shape index (κ3) is 5.47. The van der Waals surface area contributed by atoms with Crippen molar-refractivity contribution in [1.29, 1.82) is 0 Å². The number of benzene rings is 2. The van der Waals surface area contributed by atoms with Gasteiger partial charge < -0.3 is 9.88 Å². The lowest BCUT2D eigenvalue weighted by atomic mass is 10.1. The third-order valence-corrected chi connectivity index (χ3v) is 5.46. The second-order valence-electron chi connectivity index (χ2n) is 7.91. The van der Waals surface area contributed by atoms with Crippen molar-refractivity contribution in [3.8, 4) is 0 Å². The number of carbonyl (C=O) groups is 1. The summed E-state index contributed by atoms with van der Waals surface area (Å²) in [7, 11) is 0. The minimum atomic E-state index is 0.00979. The van der Waals surface area contributed by atoms with Crippen molar-refractivity contribution in [2.24, 2.45) is 0 Å². The van der Waals surface area contributed by atoms with E-state index in [-0.39, 0.29) is 5.91 Å². The molecule has 1 N–H and O–H groups in total. The molecule has 1 aromatic heterocycles. The summed E-state index contributed by atoms with van der Waals surface area (Å²) in [6, 6.07) is 14.3. The van der Waals surface area contributed by atoms with Gasteiger partial charge in [0.2, 0.25) is 0 Å². The molecule has 29 heavy (non-hydrogen) atoms. The molecule has 0 atom stereocenters. The van der Waals surface area contributed by atoms with Gasteiger partial charge in [0.15, 0.2) is 0 Å². The molecule has 0 spiro atoms. The van der Waals surface area contributed by atoms with Gasteiger partial charge in [-0.15, -0.1) is 0 Å². The van der Waals surface area contributed by atoms with E-state index in [4.69, 9.17) is 4.98 Å². The van der Waals surface area contributed by atoms with E-state index in [1.807, 2.05) is 32.0 Å². The normalized spacial score (nSPS) is 11.1. The number of nitrogens with one attached hydrogen (secondary N) is 1. The minimum Gasteiger partial charge on any atom is -0.352 e. The fraction of sp³-hybridized carbons (Fsp3) is 0.440. The number of aromatic nitrogens is 2. The number of amides is 1. The fourth-order valence-corrected chi connectivity index (χ4v) is 3.87. The van der Waals surface area contributed by atoms with Gasteiger partial charge in [-0.25, -0.2) is 4.98 Å². The minimum absolute atomic E-state index is 0.00979. The van der Waals surface area contributed by atoms with Crippen LogP contribution in [-0.4, -0.2) is 22.0 Å². The van der Waals surface area contributed by atoms with Crippen molar-refractivity contribution in [3.63, 3.8) is 0 Å². The number of fused-ring (bicyclic) bond motifs is 1. The molecule has 0 bridgehead atoms. The molecule has 0 aliphatic heterocycles. The smallest absolute Gasteiger partial charge is 0.251 e. The quantitative estimate of drug-likeness (QED) is 0.458. The van der Waals surface area contributed by atoms with Gasteiger partial charge in [-0.2, -0.15) is 0 Å². The number of rotatable bonds is 10. The lowest BCUT2D eigenvalue weighted by molar-refractivity contribution is 0.0952. The fourth-order valence-electron chi connectivity index (χ4n) is 3.87. The zero-order valence-electron chi connectivity index (χ0n) is 18.0. The predicted molar refractivity (Wildman–Crippen MR) is 120 cm³/mol. The number of carbonyl (C=O) groups excluding carboxylic acids is 1. The summed E-state index contributed by atoms with van der Waals surface area (Å²) in [4.78, 5) is 17.3. The van der Waals surface area contributed by atoms with Crippen molar-refractivity contribution < 1.29 is 4.79 Å². The van der Waals surface area contributed by atoms with Gasteiger partial charge in [-0.05, 0) is 50.5 Å². The molecular formula is C25H33N3O. The Labute approximate surface area is 174 Å². The highest BCUT2D eigenvalue weighted by molar-refractivity contribution is 5.95. The van der Waals surface area contributed by atoms with Crippen LogP contribution in [0.3, 0.4) is 0 Å². The van der Waals surface area contributed by atoms with Crippen LogP contribution in [-0.2, 0) is 13.0 Å². The summed E-state index contributed by atoms with van der Waals surface area (Å²) in [5.74, 6) is 1.14. The van der Waals surface area contributed by atoms with Crippen LogP contribution in [0.2, 0.25) is 0 Å². The van der Waals surface area contributed by atoms with Gasteiger partial charge >= 0.3 is 0 Å². The molecule has 0 fully saturated rings. The predicted octanol–water partition coefficient (Wildman–Crippen LogP) is 5.60. The Hall–Kier alpha value is -2.62. The van der Waals surface area contributed by atoms with Gasteiger partial charge in [0.1, 0.15) is 5.82 Å². The van der Waals surface area contributed by atoms with E-state index in [1.165, 1.54) is 36.8 Å². The van der Waals surface area contributed by atoms with Crippen molar-refractivity contribution in [2.75, 3.05) is 6.54 Å². The molecule has 0 radical (unpaired) electrons. The van der Waals surface area contributed by atoms with Gasteiger partial charge in [0, 0.05) is 25.1 Å². The second kappa shape index (κ2) is 10.2. The molecule has 4 nitrogen and oxygen atoms in total. The van der Waals surface area contributed by atoms with Crippen LogP contribution < -0.4 is 5.32 Å². The molecule has 0 unspecified atom stereocenters. The number of hydrogen-bond donors (Lipinski definition) is 1. The van der Waals surface area contributed by atoms with Crippen LogP contribution in [0.25, 0.3) is 11.0 Å². The van der Waals surface area contributed by atoms with E-state index in [9.17, 15) is 4.79 Å². The molecular weight excluding hydrogens is 358 g/mol. The monoisotopic (exact) mass is 391 g/mol. The first kappa shape index (κ1) is 21.1. The lowest BCUT2D eigenvalue weighted by Crippen LogP contribution is -2.25. The summed E-state index contributed by atoms with van der Waals surface area (Å²) in [6.45, 7) is 7.95. The molecule has 154 valence electrons. The van der Waals surface area contributed by atoms with E-state index in [1.54, 1.807) is 0 Å². The van der Waals surface area contributed by atoms with Crippen molar-refractivity contribution in [3.05, 3.63) is 65.0 Å².